The smallest absolute Gasteiger partial charge is 0.224 e. The lowest BCUT2D eigenvalue weighted by molar-refractivity contribution is -0.117. The minimum absolute atomic E-state index is 0.000278. The number of amides is 1. The minimum Gasteiger partial charge on any atom is -0.330 e. The van der Waals surface area contributed by atoms with Crippen molar-refractivity contribution in [3.05, 3.63) is 24.5 Å². The molecule has 15 heavy (non-hydrogen) atoms. The van der Waals surface area contributed by atoms with Crippen LogP contribution in [0.15, 0.2) is 24.5 Å². The molecule has 0 fully saturated rings. The second-order valence-electron chi connectivity index (χ2n) is 3.50. The molecule has 1 heterocycles. The Morgan fingerprint density at radius 3 is 3.00 bits per heavy atom. The largest absolute Gasteiger partial charge is 0.330 e. The molecule has 0 radical (unpaired) electrons. The number of hydrogen-bond acceptors (Lipinski definition) is 3. The fourth-order valence-corrected chi connectivity index (χ4v) is 1.31. The second kappa shape index (κ2) is 6.14. The summed E-state index contributed by atoms with van der Waals surface area (Å²) in [6.45, 7) is 2.59. The molecule has 1 aromatic rings. The molecule has 82 valence electrons. The Hall–Kier alpha value is -1.42. The lowest BCUT2D eigenvalue weighted by atomic mass is 10.0. The van der Waals surface area contributed by atoms with Crippen molar-refractivity contribution in [3.63, 3.8) is 0 Å². The summed E-state index contributed by atoms with van der Waals surface area (Å²) in [7, 11) is 0. The third-order valence-electron chi connectivity index (χ3n) is 2.33. The highest BCUT2D eigenvalue weighted by molar-refractivity contribution is 5.90. The van der Waals surface area contributed by atoms with Crippen LogP contribution in [-0.2, 0) is 4.79 Å². The van der Waals surface area contributed by atoms with Crippen LogP contribution in [0.25, 0.3) is 0 Å². The zero-order valence-corrected chi connectivity index (χ0v) is 8.94. The van der Waals surface area contributed by atoms with E-state index in [0.717, 1.165) is 12.1 Å². The van der Waals surface area contributed by atoms with Gasteiger partial charge in [-0.15, -0.1) is 0 Å². The standard InChI is InChI=1S/C11H17N3O/c1-2-9(7-12)6-11(15)14-10-4-3-5-13-8-10/h3-5,8-9H,2,6-7,12H2,1H3,(H,14,15). The van der Waals surface area contributed by atoms with Crippen molar-refractivity contribution in [2.24, 2.45) is 11.7 Å². The monoisotopic (exact) mass is 207 g/mol. The third-order valence-corrected chi connectivity index (χ3v) is 2.33. The lowest BCUT2D eigenvalue weighted by Crippen LogP contribution is -2.21. The van der Waals surface area contributed by atoms with E-state index in [4.69, 9.17) is 5.73 Å². The van der Waals surface area contributed by atoms with Crippen LogP contribution in [0, 0.1) is 5.92 Å². The predicted molar refractivity (Wildman–Crippen MR) is 60.3 cm³/mol. The van der Waals surface area contributed by atoms with Gasteiger partial charge >= 0.3 is 0 Å². The number of nitrogens with one attached hydrogen (secondary N) is 1. The van der Waals surface area contributed by atoms with Gasteiger partial charge in [-0.25, -0.2) is 0 Å². The summed E-state index contributed by atoms with van der Waals surface area (Å²) in [6.07, 6.45) is 4.70. The van der Waals surface area contributed by atoms with Gasteiger partial charge in [0, 0.05) is 12.6 Å². The lowest BCUT2D eigenvalue weighted by Gasteiger charge is -2.11. The summed E-state index contributed by atoms with van der Waals surface area (Å²) in [5.74, 6) is 0.266. The normalized spacial score (nSPS) is 12.1. The van der Waals surface area contributed by atoms with E-state index in [1.54, 1.807) is 18.5 Å². The van der Waals surface area contributed by atoms with Gasteiger partial charge in [0.1, 0.15) is 0 Å². The molecule has 1 atom stereocenters. The number of pyridine rings is 1. The van der Waals surface area contributed by atoms with E-state index >= 15 is 0 Å². The van der Waals surface area contributed by atoms with E-state index < -0.39 is 0 Å². The highest BCUT2D eigenvalue weighted by atomic mass is 16.1. The van der Waals surface area contributed by atoms with Gasteiger partial charge in [-0.1, -0.05) is 13.3 Å². The summed E-state index contributed by atoms with van der Waals surface area (Å²) in [6, 6.07) is 3.60. The SMILES string of the molecule is CCC(CN)CC(=O)Nc1cccnc1. The van der Waals surface area contributed by atoms with Gasteiger partial charge < -0.3 is 11.1 Å². The third kappa shape index (κ3) is 4.08. The van der Waals surface area contributed by atoms with Crippen molar-refractivity contribution < 1.29 is 4.79 Å². The number of aromatic nitrogens is 1. The molecular weight excluding hydrogens is 190 g/mol. The van der Waals surface area contributed by atoms with Crippen LogP contribution >= 0.6 is 0 Å². The number of nitrogens with zero attached hydrogens (tertiary/aromatic N) is 1. The molecule has 0 aliphatic rings. The Morgan fingerprint density at radius 2 is 2.47 bits per heavy atom. The van der Waals surface area contributed by atoms with Gasteiger partial charge in [0.15, 0.2) is 0 Å². The van der Waals surface area contributed by atoms with Gasteiger partial charge in [-0.05, 0) is 24.6 Å². The van der Waals surface area contributed by atoms with Gasteiger partial charge in [-0.2, -0.15) is 0 Å². The summed E-state index contributed by atoms with van der Waals surface area (Å²) in [5.41, 5.74) is 6.26. The number of carbonyl (C=O) groups is 1. The molecule has 0 saturated heterocycles. The van der Waals surface area contributed by atoms with Crippen molar-refractivity contribution in [1.82, 2.24) is 4.98 Å². The van der Waals surface area contributed by atoms with E-state index in [1.165, 1.54) is 0 Å². The molecule has 3 N–H and O–H groups in total. The van der Waals surface area contributed by atoms with E-state index in [9.17, 15) is 4.79 Å². The second-order valence-corrected chi connectivity index (χ2v) is 3.50. The van der Waals surface area contributed by atoms with Crippen LogP contribution in [0.4, 0.5) is 5.69 Å². The Bertz CT molecular complexity index is 296. The van der Waals surface area contributed by atoms with Crippen LogP contribution in [0.1, 0.15) is 19.8 Å². The molecule has 1 rings (SSSR count). The molecule has 1 aromatic heterocycles. The van der Waals surface area contributed by atoms with Crippen molar-refractivity contribution in [3.8, 4) is 0 Å². The Labute approximate surface area is 89.9 Å². The van der Waals surface area contributed by atoms with Crippen LogP contribution in [0.5, 0.6) is 0 Å². The molecule has 0 saturated carbocycles. The Kier molecular flexibility index (Phi) is 4.77. The quantitative estimate of drug-likeness (QED) is 0.766. The van der Waals surface area contributed by atoms with Crippen molar-refractivity contribution in [2.45, 2.75) is 19.8 Å². The molecule has 1 unspecified atom stereocenters. The van der Waals surface area contributed by atoms with Gasteiger partial charge in [0.05, 0.1) is 11.9 Å². The minimum atomic E-state index is 0.000278. The molecule has 0 spiro atoms. The van der Waals surface area contributed by atoms with Crippen LogP contribution in [0.3, 0.4) is 0 Å². The zero-order valence-electron chi connectivity index (χ0n) is 8.94. The van der Waals surface area contributed by atoms with E-state index in [-0.39, 0.29) is 11.8 Å². The maximum atomic E-state index is 11.5. The first-order valence-corrected chi connectivity index (χ1v) is 5.16. The molecule has 4 heteroatoms. The first-order chi connectivity index (χ1) is 7.26. The summed E-state index contributed by atoms with van der Waals surface area (Å²) in [5, 5.41) is 2.78. The summed E-state index contributed by atoms with van der Waals surface area (Å²) < 4.78 is 0. The molecule has 0 aromatic carbocycles. The molecule has 4 nitrogen and oxygen atoms in total. The predicted octanol–water partition coefficient (Wildman–Crippen LogP) is 1.40. The van der Waals surface area contributed by atoms with Gasteiger partial charge in [-0.3, -0.25) is 9.78 Å². The van der Waals surface area contributed by atoms with Crippen LogP contribution in [0.2, 0.25) is 0 Å². The molecule has 0 aliphatic carbocycles. The Balaban J connectivity index is 2.43. The molecule has 0 bridgehead atoms. The first-order valence-electron chi connectivity index (χ1n) is 5.16. The number of nitrogens with two attached hydrogens (primary N) is 1. The fraction of sp³-hybridized carbons (Fsp3) is 0.455. The average Bonchev–Trinajstić information content (AvgIpc) is 2.27. The number of carbonyl (C=O) groups excluding carboxylic acids is 1. The van der Waals surface area contributed by atoms with Gasteiger partial charge in [0.25, 0.3) is 0 Å². The molecule has 0 aliphatic heterocycles. The van der Waals surface area contributed by atoms with E-state index in [0.29, 0.717) is 13.0 Å². The van der Waals surface area contributed by atoms with Crippen molar-refractivity contribution in [2.75, 3.05) is 11.9 Å². The van der Waals surface area contributed by atoms with E-state index in [2.05, 4.69) is 10.3 Å². The average molecular weight is 207 g/mol. The van der Waals surface area contributed by atoms with Gasteiger partial charge in [0.2, 0.25) is 5.91 Å². The highest BCUT2D eigenvalue weighted by Crippen LogP contribution is 2.09. The van der Waals surface area contributed by atoms with E-state index in [1.807, 2.05) is 13.0 Å². The van der Waals surface area contributed by atoms with Crippen molar-refractivity contribution in [1.29, 1.82) is 0 Å². The zero-order chi connectivity index (χ0) is 11.1. The molecule has 1 amide bonds. The molecular formula is C11H17N3O. The number of anilines is 1. The number of rotatable bonds is 5. The highest BCUT2D eigenvalue weighted by Gasteiger charge is 2.10. The fourth-order valence-electron chi connectivity index (χ4n) is 1.31. The maximum absolute atomic E-state index is 11.5. The van der Waals surface area contributed by atoms with Crippen LogP contribution < -0.4 is 11.1 Å². The van der Waals surface area contributed by atoms with Crippen LogP contribution in [-0.4, -0.2) is 17.4 Å². The maximum Gasteiger partial charge on any atom is 0.224 e. The summed E-state index contributed by atoms with van der Waals surface area (Å²) >= 11 is 0. The Morgan fingerprint density at radius 1 is 1.67 bits per heavy atom. The summed E-state index contributed by atoms with van der Waals surface area (Å²) in [4.78, 5) is 15.5. The topological polar surface area (TPSA) is 68.0 Å². The van der Waals surface area contributed by atoms with Crippen molar-refractivity contribution >= 4 is 11.6 Å². The first kappa shape index (κ1) is 11.7. The number of hydrogen-bond donors (Lipinski definition) is 2.